The zero-order chi connectivity index (χ0) is 12.4. The summed E-state index contributed by atoms with van der Waals surface area (Å²) in [6.45, 7) is 0. The van der Waals surface area contributed by atoms with Crippen LogP contribution in [0.3, 0.4) is 0 Å². The largest absolute Gasteiger partial charge is 0.497 e. The predicted octanol–water partition coefficient (Wildman–Crippen LogP) is 3.61. The van der Waals surface area contributed by atoms with Crippen molar-refractivity contribution < 1.29 is 13.7 Å². The number of furan rings is 1. The van der Waals surface area contributed by atoms with Crippen LogP contribution in [0.4, 0.5) is 0 Å². The van der Waals surface area contributed by atoms with Crippen molar-refractivity contribution in [2.75, 3.05) is 7.11 Å². The zero-order valence-electron chi connectivity index (χ0n) is 9.79. The maximum absolute atomic E-state index is 5.25. The summed E-state index contributed by atoms with van der Waals surface area (Å²) in [4.78, 5) is 0. The summed E-state index contributed by atoms with van der Waals surface area (Å²) in [5.74, 6) is 2.10. The molecular formula is C14H11NO3. The van der Waals surface area contributed by atoms with Gasteiger partial charge in [0.2, 0.25) is 5.76 Å². The molecular weight excluding hydrogens is 230 g/mol. The maximum atomic E-state index is 5.25. The zero-order valence-corrected chi connectivity index (χ0v) is 9.79. The van der Waals surface area contributed by atoms with Crippen molar-refractivity contribution in [2.45, 2.75) is 0 Å². The van der Waals surface area contributed by atoms with E-state index in [4.69, 9.17) is 13.7 Å². The van der Waals surface area contributed by atoms with E-state index in [1.807, 2.05) is 42.5 Å². The van der Waals surface area contributed by atoms with E-state index in [1.165, 1.54) is 0 Å². The molecule has 0 fully saturated rings. The Bertz CT molecular complexity index is 623. The molecule has 0 aliphatic heterocycles. The van der Waals surface area contributed by atoms with Gasteiger partial charge in [-0.1, -0.05) is 5.16 Å². The van der Waals surface area contributed by atoms with Crippen LogP contribution in [0.1, 0.15) is 0 Å². The first-order valence-electron chi connectivity index (χ1n) is 5.52. The van der Waals surface area contributed by atoms with Crippen LogP contribution in [0.15, 0.2) is 57.7 Å². The molecule has 0 bridgehead atoms. The van der Waals surface area contributed by atoms with Crippen molar-refractivity contribution in [1.29, 1.82) is 0 Å². The molecule has 0 saturated heterocycles. The molecule has 0 unspecified atom stereocenters. The maximum Gasteiger partial charge on any atom is 0.202 e. The number of aromatic nitrogens is 1. The highest BCUT2D eigenvalue weighted by Crippen LogP contribution is 2.27. The molecule has 90 valence electrons. The minimum atomic E-state index is 0.616. The molecule has 2 aromatic heterocycles. The standard InChI is InChI=1S/C14H11NO3/c1-16-11-6-4-10(5-7-11)12-9-14(18-15-12)13-3-2-8-17-13/h2-9H,1H3. The number of nitrogens with zero attached hydrogens (tertiary/aromatic N) is 1. The summed E-state index contributed by atoms with van der Waals surface area (Å²) in [5.41, 5.74) is 1.74. The summed E-state index contributed by atoms with van der Waals surface area (Å²) in [6.07, 6.45) is 1.60. The first kappa shape index (κ1) is 10.7. The Hall–Kier alpha value is -2.49. The van der Waals surface area contributed by atoms with Gasteiger partial charge in [-0.05, 0) is 36.4 Å². The predicted molar refractivity (Wildman–Crippen MR) is 66.2 cm³/mol. The van der Waals surface area contributed by atoms with Gasteiger partial charge in [0.05, 0.1) is 13.4 Å². The smallest absolute Gasteiger partial charge is 0.202 e. The molecule has 18 heavy (non-hydrogen) atoms. The molecule has 3 aromatic rings. The third-order valence-electron chi connectivity index (χ3n) is 2.66. The monoisotopic (exact) mass is 241 g/mol. The van der Waals surface area contributed by atoms with E-state index in [1.54, 1.807) is 13.4 Å². The van der Waals surface area contributed by atoms with Crippen LogP contribution in [0, 0.1) is 0 Å². The molecule has 0 aliphatic carbocycles. The van der Waals surface area contributed by atoms with Gasteiger partial charge in [-0.15, -0.1) is 0 Å². The van der Waals surface area contributed by atoms with Gasteiger partial charge in [0.15, 0.2) is 5.76 Å². The van der Waals surface area contributed by atoms with Crippen molar-refractivity contribution in [2.24, 2.45) is 0 Å². The summed E-state index contributed by atoms with van der Waals surface area (Å²) < 4.78 is 15.6. The highest BCUT2D eigenvalue weighted by molar-refractivity contribution is 5.64. The Kier molecular flexibility index (Phi) is 2.61. The van der Waals surface area contributed by atoms with Crippen LogP contribution in [0.2, 0.25) is 0 Å². The molecule has 4 nitrogen and oxygen atoms in total. The summed E-state index contributed by atoms with van der Waals surface area (Å²) in [6, 6.07) is 13.1. The van der Waals surface area contributed by atoms with Gasteiger partial charge in [-0.3, -0.25) is 0 Å². The van der Waals surface area contributed by atoms with Crippen LogP contribution >= 0.6 is 0 Å². The molecule has 0 atom stereocenters. The Labute approximate surface area is 104 Å². The van der Waals surface area contributed by atoms with Gasteiger partial charge in [0, 0.05) is 11.6 Å². The topological polar surface area (TPSA) is 48.4 Å². The highest BCUT2D eigenvalue weighted by Gasteiger charge is 2.10. The molecule has 0 N–H and O–H groups in total. The second-order valence-corrected chi connectivity index (χ2v) is 3.78. The van der Waals surface area contributed by atoms with E-state index in [2.05, 4.69) is 5.16 Å². The van der Waals surface area contributed by atoms with E-state index < -0.39 is 0 Å². The molecule has 0 aliphatic rings. The quantitative estimate of drug-likeness (QED) is 0.702. The molecule has 1 aromatic carbocycles. The van der Waals surface area contributed by atoms with Crippen LogP contribution in [-0.2, 0) is 0 Å². The molecule has 4 heteroatoms. The summed E-state index contributed by atoms with van der Waals surface area (Å²) in [7, 11) is 1.64. The van der Waals surface area contributed by atoms with Crippen molar-refractivity contribution in [3.63, 3.8) is 0 Å². The van der Waals surface area contributed by atoms with E-state index in [9.17, 15) is 0 Å². The van der Waals surface area contributed by atoms with Crippen LogP contribution in [-0.4, -0.2) is 12.3 Å². The SMILES string of the molecule is COc1ccc(-c2cc(-c3ccco3)on2)cc1. The first-order chi connectivity index (χ1) is 8.86. The fraction of sp³-hybridized carbons (Fsp3) is 0.0714. The molecule has 3 rings (SSSR count). The van der Waals surface area contributed by atoms with Gasteiger partial charge in [-0.25, -0.2) is 0 Å². The summed E-state index contributed by atoms with van der Waals surface area (Å²) >= 11 is 0. The highest BCUT2D eigenvalue weighted by atomic mass is 16.5. The average Bonchev–Trinajstić information content (AvgIpc) is 3.09. The first-order valence-corrected chi connectivity index (χ1v) is 5.52. The fourth-order valence-electron chi connectivity index (χ4n) is 1.71. The minimum Gasteiger partial charge on any atom is -0.497 e. The molecule has 0 radical (unpaired) electrons. The Morgan fingerprint density at radius 3 is 2.56 bits per heavy atom. The Balaban J connectivity index is 1.92. The molecule has 0 saturated carbocycles. The number of ether oxygens (including phenoxy) is 1. The van der Waals surface area contributed by atoms with E-state index in [0.717, 1.165) is 17.0 Å². The van der Waals surface area contributed by atoms with Gasteiger partial charge in [0.25, 0.3) is 0 Å². The number of hydrogen-bond acceptors (Lipinski definition) is 4. The Morgan fingerprint density at radius 1 is 1.06 bits per heavy atom. The molecule has 2 heterocycles. The van der Waals surface area contributed by atoms with Crippen molar-refractivity contribution in [3.8, 4) is 28.5 Å². The second kappa shape index (κ2) is 4.41. The lowest BCUT2D eigenvalue weighted by atomic mass is 10.1. The number of hydrogen-bond donors (Lipinski definition) is 0. The molecule has 0 spiro atoms. The van der Waals surface area contributed by atoms with Crippen LogP contribution in [0.25, 0.3) is 22.8 Å². The van der Waals surface area contributed by atoms with Crippen molar-refractivity contribution in [3.05, 3.63) is 48.7 Å². The van der Waals surface area contributed by atoms with Gasteiger partial charge in [-0.2, -0.15) is 0 Å². The molecule has 0 amide bonds. The third kappa shape index (κ3) is 1.88. The van der Waals surface area contributed by atoms with E-state index in [0.29, 0.717) is 11.5 Å². The lowest BCUT2D eigenvalue weighted by molar-refractivity contribution is 0.414. The van der Waals surface area contributed by atoms with Gasteiger partial charge >= 0.3 is 0 Å². The average molecular weight is 241 g/mol. The minimum absolute atomic E-state index is 0.616. The normalized spacial score (nSPS) is 10.5. The van der Waals surface area contributed by atoms with E-state index >= 15 is 0 Å². The lowest BCUT2D eigenvalue weighted by Crippen LogP contribution is -1.82. The van der Waals surface area contributed by atoms with Crippen LogP contribution in [0.5, 0.6) is 5.75 Å². The third-order valence-corrected chi connectivity index (χ3v) is 2.66. The summed E-state index contributed by atoms with van der Waals surface area (Å²) in [5, 5.41) is 4.02. The number of methoxy groups -OCH3 is 1. The van der Waals surface area contributed by atoms with Crippen molar-refractivity contribution in [1.82, 2.24) is 5.16 Å². The van der Waals surface area contributed by atoms with E-state index in [-0.39, 0.29) is 0 Å². The number of benzene rings is 1. The second-order valence-electron chi connectivity index (χ2n) is 3.78. The van der Waals surface area contributed by atoms with Crippen LogP contribution < -0.4 is 4.74 Å². The lowest BCUT2D eigenvalue weighted by Gasteiger charge is -1.99. The van der Waals surface area contributed by atoms with Gasteiger partial charge in [0.1, 0.15) is 11.4 Å². The Morgan fingerprint density at radius 2 is 1.89 bits per heavy atom. The van der Waals surface area contributed by atoms with Gasteiger partial charge < -0.3 is 13.7 Å². The van der Waals surface area contributed by atoms with Crippen molar-refractivity contribution >= 4 is 0 Å². The number of rotatable bonds is 3. The fourth-order valence-corrected chi connectivity index (χ4v) is 1.71.